The molecule has 2 saturated heterocycles. The van der Waals surface area contributed by atoms with Crippen LogP contribution in [0.4, 0.5) is 11.6 Å². The van der Waals surface area contributed by atoms with Gasteiger partial charge in [-0.2, -0.15) is 4.98 Å². The normalized spacial score (nSPS) is 32.5. The topological polar surface area (TPSA) is 286 Å². The molecular weight excluding hydrogens is 547 g/mol. The van der Waals surface area contributed by atoms with Crippen LogP contribution in [0.3, 0.4) is 0 Å². The van der Waals surface area contributed by atoms with Crippen molar-refractivity contribution in [3.05, 3.63) is 35.4 Å². The van der Waals surface area contributed by atoms with E-state index in [1.165, 1.54) is 29.5 Å². The number of aliphatic hydroxyl groups excluding tert-OH is 4. The zero-order valence-corrected chi connectivity index (χ0v) is 20.7. The van der Waals surface area contributed by atoms with Crippen molar-refractivity contribution in [3.8, 4) is 0 Å². The van der Waals surface area contributed by atoms with Crippen LogP contribution in [-0.4, -0.2) is 104 Å². The summed E-state index contributed by atoms with van der Waals surface area (Å²) in [6.45, 7) is -1.47. The quantitative estimate of drug-likeness (QED) is 0.130. The number of hydrogen-bond acceptors (Lipinski definition) is 16. The molecule has 0 amide bonds. The Morgan fingerprint density at radius 2 is 1.74 bits per heavy atom. The van der Waals surface area contributed by atoms with Crippen molar-refractivity contribution in [2.75, 3.05) is 24.7 Å². The third-order valence-corrected chi connectivity index (χ3v) is 7.26. The fraction of sp³-hybridized carbons (Fsp3) is 0.526. The molecule has 212 valence electrons. The molecule has 3 aromatic heterocycles. The van der Waals surface area contributed by atoms with Crippen LogP contribution in [0.1, 0.15) is 12.5 Å². The van der Waals surface area contributed by atoms with Gasteiger partial charge in [-0.05, 0) is 6.07 Å². The zero-order valence-electron chi connectivity index (χ0n) is 19.8. The third kappa shape index (κ3) is 5.12. The van der Waals surface area contributed by atoms with Crippen molar-refractivity contribution in [1.29, 1.82) is 0 Å². The van der Waals surface area contributed by atoms with Crippen LogP contribution in [0, 0.1) is 0 Å². The summed E-state index contributed by atoms with van der Waals surface area (Å²) in [5.74, 6) is 0.00915. The van der Waals surface area contributed by atoms with Gasteiger partial charge in [0.2, 0.25) is 0 Å². The smallest absolute Gasteiger partial charge is 0.394 e. The van der Waals surface area contributed by atoms with Crippen LogP contribution >= 0.6 is 7.82 Å². The minimum Gasteiger partial charge on any atom is -0.394 e. The maximum absolute atomic E-state index is 12.7. The average molecular weight is 572 g/mol. The van der Waals surface area contributed by atoms with E-state index in [0.717, 1.165) is 4.57 Å². The summed E-state index contributed by atoms with van der Waals surface area (Å²) in [6.07, 6.45) is -8.04. The molecular formula is C19H25N8O11P. The lowest BCUT2D eigenvalue weighted by Gasteiger charge is -2.23. The maximum Gasteiger partial charge on any atom is 0.472 e. The van der Waals surface area contributed by atoms with Crippen LogP contribution in [0.5, 0.6) is 0 Å². The Balaban J connectivity index is 1.26. The van der Waals surface area contributed by atoms with Crippen LogP contribution in [0.25, 0.3) is 11.2 Å². The molecule has 39 heavy (non-hydrogen) atoms. The Morgan fingerprint density at radius 3 is 2.46 bits per heavy atom. The Bertz CT molecular complexity index is 1450. The summed E-state index contributed by atoms with van der Waals surface area (Å²) >= 11 is 0. The number of aliphatic hydroxyl groups is 4. The van der Waals surface area contributed by atoms with Gasteiger partial charge in [0, 0.05) is 6.20 Å². The van der Waals surface area contributed by atoms with Crippen molar-refractivity contribution in [3.63, 3.8) is 0 Å². The zero-order chi connectivity index (χ0) is 28.1. The molecule has 5 heterocycles. The summed E-state index contributed by atoms with van der Waals surface area (Å²) in [7, 11) is -4.99. The lowest BCUT2D eigenvalue weighted by atomic mass is 10.1. The van der Waals surface area contributed by atoms with Gasteiger partial charge in [0.15, 0.2) is 23.9 Å². The molecule has 0 aliphatic carbocycles. The minimum atomic E-state index is -4.99. The van der Waals surface area contributed by atoms with Crippen molar-refractivity contribution in [1.82, 2.24) is 29.1 Å². The van der Waals surface area contributed by atoms with E-state index in [-0.39, 0.29) is 22.8 Å². The monoisotopic (exact) mass is 572 g/mol. The standard InChI is InChI=1S/C19H25N8O11P/c20-9-1-2-26(19(32)25-9)17-12(30)11(29)8(37-17)4-35-39(33,34)38-14-7(3-28)36-18(13(14)31)27-6-24-10-15(21)22-5-23-16(10)27/h1-2,5-8,11-14,17-18,28-31H,3-4H2,(H,33,34)(H2,20,25,32)(H2,21,22,23)/t7-,8-,11-,12-,13-,14-,17-,18-/m1/s1. The summed E-state index contributed by atoms with van der Waals surface area (Å²) in [4.78, 5) is 37.9. The molecule has 2 aliphatic heterocycles. The number of imidazole rings is 1. The fourth-order valence-electron chi connectivity index (χ4n) is 4.35. The van der Waals surface area contributed by atoms with Crippen LogP contribution in [0.2, 0.25) is 0 Å². The van der Waals surface area contributed by atoms with E-state index >= 15 is 0 Å². The number of nitrogen functional groups attached to an aromatic ring is 2. The van der Waals surface area contributed by atoms with E-state index in [1.54, 1.807) is 0 Å². The van der Waals surface area contributed by atoms with E-state index in [4.69, 9.17) is 30.0 Å². The first-order valence-electron chi connectivity index (χ1n) is 11.4. The van der Waals surface area contributed by atoms with E-state index in [9.17, 15) is 34.7 Å². The second-order valence-electron chi connectivity index (χ2n) is 8.74. The van der Waals surface area contributed by atoms with Gasteiger partial charge in [0.1, 0.15) is 54.3 Å². The Morgan fingerprint density at radius 1 is 1.03 bits per heavy atom. The number of phosphoric acid groups is 1. The van der Waals surface area contributed by atoms with Gasteiger partial charge >= 0.3 is 13.5 Å². The fourth-order valence-corrected chi connectivity index (χ4v) is 5.32. The number of hydrogen-bond donors (Lipinski definition) is 7. The largest absolute Gasteiger partial charge is 0.472 e. The van der Waals surface area contributed by atoms with Gasteiger partial charge in [-0.1, -0.05) is 0 Å². The van der Waals surface area contributed by atoms with E-state index in [0.29, 0.717) is 0 Å². The minimum absolute atomic E-state index is 0.0670. The molecule has 0 radical (unpaired) electrons. The predicted octanol–water partition coefficient (Wildman–Crippen LogP) is -3.38. The Kier molecular flexibility index (Phi) is 7.37. The summed E-state index contributed by atoms with van der Waals surface area (Å²) in [5.41, 5.74) is 10.8. The second-order valence-corrected chi connectivity index (χ2v) is 10.2. The highest BCUT2D eigenvalue weighted by molar-refractivity contribution is 7.47. The van der Waals surface area contributed by atoms with Crippen LogP contribution in [0.15, 0.2) is 29.7 Å². The van der Waals surface area contributed by atoms with Crippen molar-refractivity contribution < 1.29 is 48.4 Å². The SMILES string of the molecule is Nc1ccn([C@@H]2O[C@H](COP(=O)(O)O[C@H]3[C@@H](O)[C@H](n4cnc5c(N)ncnc54)O[C@@H]3CO)[C@@H](O)[C@H]2O)c(=O)n1. The first-order valence-corrected chi connectivity index (χ1v) is 12.9. The van der Waals surface area contributed by atoms with Crippen LogP contribution < -0.4 is 17.2 Å². The molecule has 3 aromatic rings. The number of fused-ring (bicyclic) bond motifs is 1. The summed E-state index contributed by atoms with van der Waals surface area (Å²) in [6, 6.07) is 1.28. The number of rotatable bonds is 8. The summed E-state index contributed by atoms with van der Waals surface area (Å²) in [5, 5.41) is 41.3. The first-order chi connectivity index (χ1) is 18.5. The molecule has 9 atom stereocenters. The Hall–Kier alpha value is -3.10. The van der Waals surface area contributed by atoms with Gasteiger partial charge in [-0.3, -0.25) is 18.2 Å². The maximum atomic E-state index is 12.7. The second kappa shape index (κ2) is 10.5. The molecule has 2 aliphatic rings. The highest BCUT2D eigenvalue weighted by Crippen LogP contribution is 2.49. The summed E-state index contributed by atoms with van der Waals surface area (Å²) < 4.78 is 36.1. The van der Waals surface area contributed by atoms with Crippen molar-refractivity contribution in [2.45, 2.75) is 49.1 Å². The van der Waals surface area contributed by atoms with E-state index < -0.39 is 75.8 Å². The predicted molar refractivity (Wildman–Crippen MR) is 126 cm³/mol. The number of nitrogens with zero attached hydrogens (tertiary/aromatic N) is 6. The highest BCUT2D eigenvalue weighted by atomic mass is 31.2. The lowest BCUT2D eigenvalue weighted by molar-refractivity contribution is -0.0609. The first kappa shape index (κ1) is 27.5. The molecule has 1 unspecified atom stereocenters. The Labute approximate surface area is 217 Å². The molecule has 9 N–H and O–H groups in total. The molecule has 2 fully saturated rings. The van der Waals surface area contributed by atoms with Gasteiger partial charge in [0.25, 0.3) is 0 Å². The molecule has 5 rings (SSSR count). The highest BCUT2D eigenvalue weighted by Gasteiger charge is 2.50. The number of ether oxygens (including phenoxy) is 2. The van der Waals surface area contributed by atoms with E-state index in [2.05, 4.69) is 19.9 Å². The number of anilines is 2. The molecule has 0 spiro atoms. The van der Waals surface area contributed by atoms with Crippen molar-refractivity contribution >= 4 is 30.6 Å². The molecule has 0 aromatic carbocycles. The number of aromatic nitrogens is 6. The van der Waals surface area contributed by atoms with Gasteiger partial charge in [0.05, 0.1) is 19.5 Å². The molecule has 0 saturated carbocycles. The average Bonchev–Trinajstić information content (AvgIpc) is 3.53. The van der Waals surface area contributed by atoms with Crippen LogP contribution in [-0.2, 0) is 23.1 Å². The third-order valence-electron chi connectivity index (χ3n) is 6.27. The number of phosphoric ester groups is 1. The molecule has 19 nitrogen and oxygen atoms in total. The van der Waals surface area contributed by atoms with Crippen molar-refractivity contribution in [2.24, 2.45) is 0 Å². The lowest BCUT2D eigenvalue weighted by Crippen LogP contribution is -2.37. The molecule has 20 heteroatoms. The van der Waals surface area contributed by atoms with Gasteiger partial charge < -0.3 is 46.3 Å². The molecule has 0 bridgehead atoms. The number of nitrogens with two attached hydrogens (primary N) is 2. The van der Waals surface area contributed by atoms with Gasteiger partial charge in [-0.25, -0.2) is 24.3 Å². The van der Waals surface area contributed by atoms with E-state index in [1.807, 2.05) is 0 Å². The van der Waals surface area contributed by atoms with Gasteiger partial charge in [-0.15, -0.1) is 0 Å².